The summed E-state index contributed by atoms with van der Waals surface area (Å²) in [5, 5.41) is 16.5. The molecular formula is C15H16N4O3. The Kier molecular flexibility index (Phi) is 5.02. The van der Waals surface area contributed by atoms with Crippen molar-refractivity contribution >= 4 is 23.1 Å². The van der Waals surface area contributed by atoms with Crippen LogP contribution in [0.4, 0.5) is 17.2 Å². The number of benzene rings is 1. The molecular weight excluding hydrogens is 284 g/mol. The average molecular weight is 300 g/mol. The van der Waals surface area contributed by atoms with Crippen molar-refractivity contribution in [2.75, 3.05) is 17.2 Å². The molecule has 7 nitrogen and oxygen atoms in total. The van der Waals surface area contributed by atoms with Crippen molar-refractivity contribution in [3.8, 4) is 0 Å². The van der Waals surface area contributed by atoms with Gasteiger partial charge in [-0.25, -0.2) is 4.98 Å². The second-order valence-electron chi connectivity index (χ2n) is 4.68. The van der Waals surface area contributed by atoms with E-state index in [2.05, 4.69) is 15.6 Å². The number of carbonyl (C=O) groups excluding carboxylic acids is 1. The lowest BCUT2D eigenvalue weighted by atomic mass is 10.1. The smallest absolute Gasteiger partial charge is 0.311 e. The van der Waals surface area contributed by atoms with Crippen LogP contribution in [0.5, 0.6) is 0 Å². The van der Waals surface area contributed by atoms with Crippen LogP contribution < -0.4 is 10.6 Å². The fourth-order valence-electron chi connectivity index (χ4n) is 1.96. The number of amides is 1. The van der Waals surface area contributed by atoms with Gasteiger partial charge >= 0.3 is 5.69 Å². The number of anilines is 2. The number of hydrogen-bond donors (Lipinski definition) is 2. The molecule has 0 saturated heterocycles. The molecule has 0 atom stereocenters. The highest BCUT2D eigenvalue weighted by Gasteiger charge is 2.12. The standard InChI is InChI=1S/C15H16N4O3/c1-11(20)18-13-6-4-12(5-7-13)8-10-17-15-14(19(21)22)3-2-9-16-15/h2-7,9H,8,10H2,1H3,(H,16,17)(H,18,20). The average Bonchev–Trinajstić information content (AvgIpc) is 2.49. The van der Waals surface area contributed by atoms with Crippen molar-refractivity contribution in [3.05, 3.63) is 58.3 Å². The fourth-order valence-corrected chi connectivity index (χ4v) is 1.96. The number of carbonyl (C=O) groups is 1. The molecule has 0 aliphatic rings. The third-order valence-electron chi connectivity index (χ3n) is 2.96. The molecule has 7 heteroatoms. The highest BCUT2D eigenvalue weighted by atomic mass is 16.6. The number of aromatic nitrogens is 1. The van der Waals surface area contributed by atoms with Crippen LogP contribution in [0, 0.1) is 10.1 Å². The largest absolute Gasteiger partial charge is 0.364 e. The predicted molar refractivity (Wildman–Crippen MR) is 83.8 cm³/mol. The van der Waals surface area contributed by atoms with Gasteiger partial charge in [-0.3, -0.25) is 14.9 Å². The summed E-state index contributed by atoms with van der Waals surface area (Å²) < 4.78 is 0. The summed E-state index contributed by atoms with van der Waals surface area (Å²) in [5.74, 6) is 0.152. The second-order valence-corrected chi connectivity index (χ2v) is 4.68. The van der Waals surface area contributed by atoms with E-state index in [0.29, 0.717) is 13.0 Å². The van der Waals surface area contributed by atoms with E-state index in [-0.39, 0.29) is 17.4 Å². The van der Waals surface area contributed by atoms with Crippen molar-refractivity contribution in [2.45, 2.75) is 13.3 Å². The Morgan fingerprint density at radius 2 is 2.00 bits per heavy atom. The number of pyridine rings is 1. The zero-order chi connectivity index (χ0) is 15.9. The molecule has 0 fully saturated rings. The Morgan fingerprint density at radius 3 is 2.64 bits per heavy atom. The second kappa shape index (κ2) is 7.16. The number of rotatable bonds is 6. The summed E-state index contributed by atoms with van der Waals surface area (Å²) in [6.07, 6.45) is 2.20. The summed E-state index contributed by atoms with van der Waals surface area (Å²) in [7, 11) is 0. The molecule has 1 aromatic carbocycles. The van der Waals surface area contributed by atoms with Gasteiger partial charge in [0.15, 0.2) is 0 Å². The van der Waals surface area contributed by atoms with Crippen molar-refractivity contribution in [1.29, 1.82) is 0 Å². The van der Waals surface area contributed by atoms with E-state index in [0.717, 1.165) is 11.3 Å². The highest BCUT2D eigenvalue weighted by molar-refractivity contribution is 5.88. The molecule has 1 heterocycles. The number of nitrogens with one attached hydrogen (secondary N) is 2. The Bertz CT molecular complexity index is 671. The molecule has 0 aliphatic heterocycles. The first-order valence-electron chi connectivity index (χ1n) is 6.76. The van der Waals surface area contributed by atoms with E-state index < -0.39 is 4.92 Å². The molecule has 0 spiro atoms. The van der Waals surface area contributed by atoms with Gasteiger partial charge in [0.1, 0.15) is 0 Å². The van der Waals surface area contributed by atoms with Crippen LogP contribution in [0.2, 0.25) is 0 Å². The van der Waals surface area contributed by atoms with Gasteiger partial charge < -0.3 is 10.6 Å². The van der Waals surface area contributed by atoms with Crippen LogP contribution in [0.15, 0.2) is 42.6 Å². The molecule has 0 aliphatic carbocycles. The van der Waals surface area contributed by atoms with Crippen molar-refractivity contribution in [2.24, 2.45) is 0 Å². The summed E-state index contributed by atoms with van der Waals surface area (Å²) in [5.41, 5.74) is 1.76. The first-order valence-corrected chi connectivity index (χ1v) is 6.76. The van der Waals surface area contributed by atoms with Gasteiger partial charge in [-0.15, -0.1) is 0 Å². The van der Waals surface area contributed by atoms with E-state index in [1.165, 1.54) is 25.3 Å². The van der Waals surface area contributed by atoms with E-state index >= 15 is 0 Å². The summed E-state index contributed by atoms with van der Waals surface area (Å²) in [6.45, 7) is 1.98. The molecule has 0 unspecified atom stereocenters. The zero-order valence-electron chi connectivity index (χ0n) is 12.1. The SMILES string of the molecule is CC(=O)Nc1ccc(CCNc2ncccc2[N+](=O)[O-])cc1. The van der Waals surface area contributed by atoms with Crippen LogP contribution in [0.25, 0.3) is 0 Å². The maximum atomic E-state index is 10.9. The summed E-state index contributed by atoms with van der Waals surface area (Å²) in [4.78, 5) is 25.3. The lowest BCUT2D eigenvalue weighted by molar-refractivity contribution is -0.384. The van der Waals surface area contributed by atoms with Crippen molar-refractivity contribution in [1.82, 2.24) is 4.98 Å². The van der Waals surface area contributed by atoms with Crippen LogP contribution >= 0.6 is 0 Å². The molecule has 0 bridgehead atoms. The minimum Gasteiger partial charge on any atom is -0.364 e. The van der Waals surface area contributed by atoms with E-state index in [9.17, 15) is 14.9 Å². The first-order chi connectivity index (χ1) is 10.6. The van der Waals surface area contributed by atoms with E-state index in [4.69, 9.17) is 0 Å². The Labute approximate surface area is 127 Å². The Morgan fingerprint density at radius 1 is 1.27 bits per heavy atom. The molecule has 1 amide bonds. The molecule has 2 N–H and O–H groups in total. The molecule has 2 aromatic rings. The lowest BCUT2D eigenvalue weighted by Crippen LogP contribution is -2.09. The van der Waals surface area contributed by atoms with Crippen LogP contribution in [0.3, 0.4) is 0 Å². The number of nitro groups is 1. The maximum Gasteiger partial charge on any atom is 0.311 e. The normalized spacial score (nSPS) is 10.0. The summed E-state index contributed by atoms with van der Waals surface area (Å²) in [6, 6.07) is 10.4. The fraction of sp³-hybridized carbons (Fsp3) is 0.200. The molecule has 114 valence electrons. The van der Waals surface area contributed by atoms with Gasteiger partial charge in [-0.1, -0.05) is 12.1 Å². The van der Waals surface area contributed by atoms with Gasteiger partial charge in [0.2, 0.25) is 11.7 Å². The van der Waals surface area contributed by atoms with E-state index in [1.807, 2.05) is 24.3 Å². The minimum atomic E-state index is -0.461. The third-order valence-corrected chi connectivity index (χ3v) is 2.96. The number of nitrogens with zero attached hydrogens (tertiary/aromatic N) is 2. The predicted octanol–water partition coefficient (Wildman–Crippen LogP) is 2.60. The molecule has 22 heavy (non-hydrogen) atoms. The monoisotopic (exact) mass is 300 g/mol. The zero-order valence-corrected chi connectivity index (χ0v) is 12.1. The Hall–Kier alpha value is -2.96. The van der Waals surface area contributed by atoms with Crippen LogP contribution in [-0.2, 0) is 11.2 Å². The third kappa shape index (κ3) is 4.27. The first kappa shape index (κ1) is 15.4. The van der Waals surface area contributed by atoms with Crippen LogP contribution in [-0.4, -0.2) is 22.4 Å². The molecule has 2 rings (SSSR count). The van der Waals surface area contributed by atoms with Gasteiger partial charge in [0.25, 0.3) is 0 Å². The number of hydrogen-bond acceptors (Lipinski definition) is 5. The molecule has 0 radical (unpaired) electrons. The topological polar surface area (TPSA) is 97.2 Å². The van der Waals surface area contributed by atoms with Gasteiger partial charge in [0.05, 0.1) is 4.92 Å². The lowest BCUT2D eigenvalue weighted by Gasteiger charge is -2.07. The quantitative estimate of drug-likeness (QED) is 0.631. The van der Waals surface area contributed by atoms with E-state index in [1.54, 1.807) is 0 Å². The van der Waals surface area contributed by atoms with Gasteiger partial charge in [-0.05, 0) is 30.2 Å². The highest BCUT2D eigenvalue weighted by Crippen LogP contribution is 2.20. The van der Waals surface area contributed by atoms with Gasteiger partial charge in [-0.2, -0.15) is 0 Å². The Balaban J connectivity index is 1.91. The molecule has 0 saturated carbocycles. The summed E-state index contributed by atoms with van der Waals surface area (Å²) >= 11 is 0. The van der Waals surface area contributed by atoms with Crippen molar-refractivity contribution in [3.63, 3.8) is 0 Å². The van der Waals surface area contributed by atoms with Crippen molar-refractivity contribution < 1.29 is 9.72 Å². The van der Waals surface area contributed by atoms with Crippen LogP contribution in [0.1, 0.15) is 12.5 Å². The molecule has 1 aromatic heterocycles. The maximum absolute atomic E-state index is 10.9. The minimum absolute atomic E-state index is 0.0384. The van der Waals surface area contributed by atoms with Gasteiger partial charge in [0, 0.05) is 31.4 Å².